The minimum Gasteiger partial charge on any atom is -0.380 e. The molecule has 1 atom stereocenters. The van der Waals surface area contributed by atoms with E-state index in [2.05, 4.69) is 5.32 Å². The van der Waals surface area contributed by atoms with Crippen molar-refractivity contribution in [1.29, 1.82) is 0 Å². The molecular weight excluding hydrogens is 255 g/mol. The molecule has 1 aromatic rings. The number of ether oxygens (including phenoxy) is 1. The third-order valence-corrected chi connectivity index (χ3v) is 2.91. The molecule has 0 fully saturated rings. The average molecular weight is 275 g/mol. The lowest BCUT2D eigenvalue weighted by atomic mass is 9.99. The summed E-state index contributed by atoms with van der Waals surface area (Å²) in [6.07, 6.45) is -4.29. The third kappa shape index (κ3) is 4.51. The van der Waals surface area contributed by atoms with Crippen molar-refractivity contribution in [1.82, 2.24) is 5.32 Å². The topological polar surface area (TPSA) is 21.3 Å². The molecule has 0 aromatic heterocycles. The van der Waals surface area contributed by atoms with Crippen LogP contribution in [0.5, 0.6) is 0 Å². The molecule has 0 aliphatic rings. The maximum Gasteiger partial charge on any atom is 0.416 e. The third-order valence-electron chi connectivity index (χ3n) is 2.91. The number of nitrogens with one attached hydrogen (secondary N) is 1. The first-order valence-corrected chi connectivity index (χ1v) is 6.39. The van der Waals surface area contributed by atoms with Crippen molar-refractivity contribution in [3.63, 3.8) is 0 Å². The maximum atomic E-state index is 12.6. The number of rotatable bonds is 6. The van der Waals surface area contributed by atoms with E-state index in [1.54, 1.807) is 6.92 Å². The van der Waals surface area contributed by atoms with Gasteiger partial charge in [-0.2, -0.15) is 13.2 Å². The number of likely N-dealkylation sites (N-methyl/N-ethyl adjacent to an activating group) is 1. The minimum absolute atomic E-state index is 0.0766. The Morgan fingerprint density at radius 1 is 1.26 bits per heavy atom. The van der Waals surface area contributed by atoms with Crippen LogP contribution in [0.1, 0.15) is 36.6 Å². The molecule has 0 radical (unpaired) electrons. The van der Waals surface area contributed by atoms with Crippen LogP contribution < -0.4 is 5.32 Å². The Morgan fingerprint density at radius 3 is 2.42 bits per heavy atom. The van der Waals surface area contributed by atoms with Crippen molar-refractivity contribution < 1.29 is 17.9 Å². The zero-order valence-electron chi connectivity index (χ0n) is 11.5. The Morgan fingerprint density at radius 2 is 1.95 bits per heavy atom. The number of halogens is 3. The Bertz CT molecular complexity index is 404. The molecule has 108 valence electrons. The first-order chi connectivity index (χ1) is 8.90. The highest BCUT2D eigenvalue weighted by atomic mass is 19.4. The fourth-order valence-electron chi connectivity index (χ4n) is 1.98. The highest BCUT2D eigenvalue weighted by molar-refractivity contribution is 5.34. The largest absolute Gasteiger partial charge is 0.416 e. The number of hydrogen-bond acceptors (Lipinski definition) is 2. The summed E-state index contributed by atoms with van der Waals surface area (Å²) >= 11 is 0. The van der Waals surface area contributed by atoms with E-state index in [-0.39, 0.29) is 6.04 Å². The summed E-state index contributed by atoms with van der Waals surface area (Å²) in [5, 5.41) is 3.23. The summed E-state index contributed by atoms with van der Waals surface area (Å²) in [5.74, 6) is 0. The summed E-state index contributed by atoms with van der Waals surface area (Å²) in [5.41, 5.74) is 0.865. The van der Waals surface area contributed by atoms with Crippen LogP contribution in [0.3, 0.4) is 0 Å². The van der Waals surface area contributed by atoms with Gasteiger partial charge in [0.1, 0.15) is 0 Å². The molecule has 0 spiro atoms. The minimum atomic E-state index is -4.29. The molecule has 19 heavy (non-hydrogen) atoms. The van der Waals surface area contributed by atoms with Gasteiger partial charge in [-0.1, -0.05) is 13.0 Å². The van der Waals surface area contributed by atoms with Gasteiger partial charge < -0.3 is 10.1 Å². The van der Waals surface area contributed by atoms with Crippen molar-refractivity contribution in [2.24, 2.45) is 0 Å². The predicted molar refractivity (Wildman–Crippen MR) is 69.1 cm³/mol. The summed E-state index contributed by atoms with van der Waals surface area (Å²) in [4.78, 5) is 0. The van der Waals surface area contributed by atoms with Crippen LogP contribution in [0.15, 0.2) is 18.2 Å². The fourth-order valence-corrected chi connectivity index (χ4v) is 1.98. The Labute approximate surface area is 112 Å². The molecule has 5 heteroatoms. The van der Waals surface area contributed by atoms with Gasteiger partial charge >= 0.3 is 6.18 Å². The van der Waals surface area contributed by atoms with Gasteiger partial charge in [-0.3, -0.25) is 0 Å². The van der Waals surface area contributed by atoms with Crippen LogP contribution in [0.4, 0.5) is 13.2 Å². The molecule has 0 aliphatic carbocycles. The van der Waals surface area contributed by atoms with Gasteiger partial charge in [-0.25, -0.2) is 0 Å². The predicted octanol–water partition coefficient (Wildman–Crippen LogP) is 3.70. The molecule has 1 rings (SSSR count). The van der Waals surface area contributed by atoms with Gasteiger partial charge in [0.15, 0.2) is 0 Å². The zero-order chi connectivity index (χ0) is 14.5. The smallest absolute Gasteiger partial charge is 0.380 e. The van der Waals surface area contributed by atoms with Gasteiger partial charge in [-0.05, 0) is 43.7 Å². The molecular formula is C14H20F3NO. The Balaban J connectivity index is 2.97. The van der Waals surface area contributed by atoms with Crippen molar-refractivity contribution >= 4 is 0 Å². The lowest BCUT2D eigenvalue weighted by molar-refractivity contribution is -0.137. The van der Waals surface area contributed by atoms with Gasteiger partial charge in [-0.15, -0.1) is 0 Å². The standard InChI is InChI=1S/C14H20F3NO/c1-4-18-13(9-19-5-2)12-7-6-11(8-10(12)3)14(15,16)17/h6-8,13,18H,4-5,9H2,1-3H3. The van der Waals surface area contributed by atoms with E-state index in [9.17, 15) is 13.2 Å². The lowest BCUT2D eigenvalue weighted by Crippen LogP contribution is -2.26. The van der Waals surface area contributed by atoms with E-state index in [0.717, 1.165) is 18.2 Å². The average Bonchev–Trinajstić information content (AvgIpc) is 2.33. The monoisotopic (exact) mass is 275 g/mol. The molecule has 0 saturated carbocycles. The van der Waals surface area contributed by atoms with Crippen molar-refractivity contribution in [3.8, 4) is 0 Å². The van der Waals surface area contributed by atoms with E-state index in [4.69, 9.17) is 4.74 Å². The van der Waals surface area contributed by atoms with Crippen LogP contribution in [-0.4, -0.2) is 19.8 Å². The van der Waals surface area contributed by atoms with Gasteiger partial charge in [0, 0.05) is 6.61 Å². The summed E-state index contributed by atoms with van der Waals surface area (Å²) in [7, 11) is 0. The van der Waals surface area contributed by atoms with E-state index in [1.165, 1.54) is 12.1 Å². The highest BCUT2D eigenvalue weighted by Gasteiger charge is 2.31. The second kappa shape index (κ2) is 6.91. The Hall–Kier alpha value is -1.07. The summed E-state index contributed by atoms with van der Waals surface area (Å²) in [6, 6.07) is 3.77. The maximum absolute atomic E-state index is 12.6. The van der Waals surface area contributed by atoms with Crippen LogP contribution in [0.25, 0.3) is 0 Å². The van der Waals surface area contributed by atoms with Crippen LogP contribution in [0.2, 0.25) is 0 Å². The Kier molecular flexibility index (Phi) is 5.82. The second-order valence-corrected chi connectivity index (χ2v) is 4.34. The lowest BCUT2D eigenvalue weighted by Gasteiger charge is -2.21. The number of hydrogen-bond donors (Lipinski definition) is 1. The summed E-state index contributed by atoms with van der Waals surface area (Å²) in [6.45, 7) is 7.32. The fraction of sp³-hybridized carbons (Fsp3) is 0.571. The van der Waals surface area contributed by atoms with Gasteiger partial charge in [0.2, 0.25) is 0 Å². The highest BCUT2D eigenvalue weighted by Crippen LogP contribution is 2.31. The number of alkyl halides is 3. The molecule has 0 amide bonds. The number of benzene rings is 1. The van der Waals surface area contributed by atoms with E-state index in [1.807, 2.05) is 13.8 Å². The van der Waals surface area contributed by atoms with Crippen molar-refractivity contribution in [3.05, 3.63) is 34.9 Å². The molecule has 1 N–H and O–H groups in total. The summed E-state index contributed by atoms with van der Waals surface area (Å²) < 4.78 is 43.2. The molecule has 0 aliphatic heterocycles. The van der Waals surface area contributed by atoms with Gasteiger partial charge in [0.05, 0.1) is 18.2 Å². The molecule has 0 saturated heterocycles. The molecule has 0 heterocycles. The molecule has 0 bridgehead atoms. The molecule has 1 unspecified atom stereocenters. The first-order valence-electron chi connectivity index (χ1n) is 6.39. The van der Waals surface area contributed by atoms with E-state index < -0.39 is 11.7 Å². The van der Waals surface area contributed by atoms with E-state index in [0.29, 0.717) is 18.8 Å². The van der Waals surface area contributed by atoms with Crippen LogP contribution in [-0.2, 0) is 10.9 Å². The molecule has 1 aromatic carbocycles. The molecule has 2 nitrogen and oxygen atoms in total. The normalized spacial score (nSPS) is 13.6. The van der Waals surface area contributed by atoms with Gasteiger partial charge in [0.25, 0.3) is 0 Å². The SMILES string of the molecule is CCNC(COCC)c1ccc(C(F)(F)F)cc1C. The quantitative estimate of drug-likeness (QED) is 0.854. The van der Waals surface area contributed by atoms with Crippen molar-refractivity contribution in [2.75, 3.05) is 19.8 Å². The first kappa shape index (κ1) is 16.0. The van der Waals surface area contributed by atoms with E-state index >= 15 is 0 Å². The second-order valence-electron chi connectivity index (χ2n) is 4.34. The zero-order valence-corrected chi connectivity index (χ0v) is 11.5. The van der Waals surface area contributed by atoms with Crippen LogP contribution >= 0.6 is 0 Å². The van der Waals surface area contributed by atoms with Crippen molar-refractivity contribution in [2.45, 2.75) is 33.0 Å². The number of aryl methyl sites for hydroxylation is 1. The van der Waals surface area contributed by atoms with Crippen LogP contribution in [0, 0.1) is 6.92 Å².